The zero-order valence-electron chi connectivity index (χ0n) is 13.6. The van der Waals surface area contributed by atoms with Gasteiger partial charge in [0.25, 0.3) is 0 Å². The minimum Gasteiger partial charge on any atom is -0.508 e. The van der Waals surface area contributed by atoms with Crippen LogP contribution in [0.25, 0.3) is 0 Å². The van der Waals surface area contributed by atoms with E-state index in [1.807, 2.05) is 0 Å². The molecule has 0 radical (unpaired) electrons. The van der Waals surface area contributed by atoms with Crippen molar-refractivity contribution in [2.24, 2.45) is 5.10 Å². The molecule has 2 rings (SSSR count). The van der Waals surface area contributed by atoms with Crippen LogP contribution in [-0.2, 0) is 9.59 Å². The highest BCUT2D eigenvalue weighted by atomic mass is 16.5. The van der Waals surface area contributed by atoms with Crippen molar-refractivity contribution < 1.29 is 24.2 Å². The lowest BCUT2D eigenvalue weighted by Crippen LogP contribution is -2.32. The number of hydrogen-bond acceptors (Lipinski definition) is 6. The molecule has 0 aliphatic heterocycles. The molecule has 0 spiro atoms. The lowest BCUT2D eigenvalue weighted by molar-refractivity contribution is -0.136. The lowest BCUT2D eigenvalue weighted by Gasteiger charge is -2.10. The van der Waals surface area contributed by atoms with Crippen LogP contribution in [0.3, 0.4) is 0 Å². The van der Waals surface area contributed by atoms with Crippen LogP contribution < -0.4 is 20.2 Å². The molecular weight excluding hydrogens is 326 g/mol. The normalized spacial score (nSPS) is 10.3. The number of nitrogens with zero attached hydrogens (tertiary/aromatic N) is 1. The molecule has 2 aromatic carbocycles. The Labute approximate surface area is 144 Å². The predicted molar refractivity (Wildman–Crippen MR) is 92.0 cm³/mol. The molecule has 0 bridgehead atoms. The highest BCUT2D eigenvalue weighted by Gasteiger charge is 2.15. The second kappa shape index (κ2) is 8.34. The first-order valence-electron chi connectivity index (χ1n) is 7.19. The van der Waals surface area contributed by atoms with Crippen molar-refractivity contribution in [3.8, 4) is 17.2 Å². The molecule has 2 aromatic rings. The second-order valence-electron chi connectivity index (χ2n) is 4.81. The van der Waals surface area contributed by atoms with Gasteiger partial charge in [0.1, 0.15) is 17.2 Å². The maximum atomic E-state index is 11.9. The molecule has 2 amide bonds. The Hall–Kier alpha value is -3.55. The molecule has 8 heteroatoms. The van der Waals surface area contributed by atoms with Crippen LogP contribution in [0.15, 0.2) is 47.6 Å². The standard InChI is InChI=1S/C17H17N3O5/c1-24-13-6-7-14(15(9-13)25-2)19-16(22)17(23)20-18-10-11-4-3-5-12(21)8-11/h3-10,21H,1-2H3,(H,19,22)(H,20,23)/b18-10-. The van der Waals surface area contributed by atoms with E-state index in [-0.39, 0.29) is 5.75 Å². The Morgan fingerprint density at radius 3 is 2.56 bits per heavy atom. The lowest BCUT2D eigenvalue weighted by atomic mass is 10.2. The molecule has 0 saturated carbocycles. The second-order valence-corrected chi connectivity index (χ2v) is 4.81. The van der Waals surface area contributed by atoms with Crippen molar-refractivity contribution >= 4 is 23.7 Å². The first-order chi connectivity index (χ1) is 12.0. The fourth-order valence-electron chi connectivity index (χ4n) is 1.90. The van der Waals surface area contributed by atoms with Crippen molar-refractivity contribution in [1.29, 1.82) is 0 Å². The number of carbonyl (C=O) groups is 2. The third-order valence-corrected chi connectivity index (χ3v) is 3.11. The summed E-state index contributed by atoms with van der Waals surface area (Å²) in [4.78, 5) is 23.7. The van der Waals surface area contributed by atoms with Gasteiger partial charge in [-0.2, -0.15) is 5.10 Å². The Kier molecular flexibility index (Phi) is 5.94. The van der Waals surface area contributed by atoms with E-state index >= 15 is 0 Å². The smallest absolute Gasteiger partial charge is 0.329 e. The Bertz CT molecular complexity index is 805. The number of hydrazone groups is 1. The number of hydrogen-bond donors (Lipinski definition) is 3. The summed E-state index contributed by atoms with van der Waals surface area (Å²) < 4.78 is 10.2. The van der Waals surface area contributed by atoms with Gasteiger partial charge >= 0.3 is 11.8 Å². The van der Waals surface area contributed by atoms with Crippen LogP contribution in [0.5, 0.6) is 17.2 Å². The summed E-state index contributed by atoms with van der Waals surface area (Å²) in [7, 11) is 2.94. The molecule has 0 aromatic heterocycles. The molecule has 0 unspecified atom stereocenters. The highest BCUT2D eigenvalue weighted by Crippen LogP contribution is 2.28. The molecule has 0 saturated heterocycles. The first-order valence-corrected chi connectivity index (χ1v) is 7.19. The number of phenolic OH excluding ortho intramolecular Hbond substituents is 1. The summed E-state index contributed by atoms with van der Waals surface area (Å²) in [5, 5.41) is 15.4. The number of methoxy groups -OCH3 is 2. The van der Waals surface area contributed by atoms with E-state index in [0.717, 1.165) is 0 Å². The van der Waals surface area contributed by atoms with Crippen molar-refractivity contribution in [2.75, 3.05) is 19.5 Å². The zero-order chi connectivity index (χ0) is 18.2. The fourth-order valence-corrected chi connectivity index (χ4v) is 1.90. The third kappa shape index (κ3) is 4.96. The maximum Gasteiger partial charge on any atom is 0.329 e. The van der Waals surface area contributed by atoms with Gasteiger partial charge in [-0.25, -0.2) is 5.43 Å². The monoisotopic (exact) mass is 343 g/mol. The minimum absolute atomic E-state index is 0.0691. The van der Waals surface area contributed by atoms with Gasteiger partial charge < -0.3 is 19.9 Å². The van der Waals surface area contributed by atoms with Crippen LogP contribution in [-0.4, -0.2) is 37.4 Å². The molecule has 0 atom stereocenters. The third-order valence-electron chi connectivity index (χ3n) is 3.11. The van der Waals surface area contributed by atoms with E-state index in [1.54, 1.807) is 30.3 Å². The summed E-state index contributed by atoms with van der Waals surface area (Å²) in [5.41, 5.74) is 2.99. The topological polar surface area (TPSA) is 109 Å². The summed E-state index contributed by atoms with van der Waals surface area (Å²) in [5.74, 6) is -0.885. The fraction of sp³-hybridized carbons (Fsp3) is 0.118. The summed E-state index contributed by atoms with van der Waals surface area (Å²) in [6.07, 6.45) is 1.30. The minimum atomic E-state index is -0.950. The Morgan fingerprint density at radius 1 is 1.08 bits per heavy atom. The van der Waals surface area contributed by atoms with E-state index in [4.69, 9.17) is 9.47 Å². The molecular formula is C17H17N3O5. The average Bonchev–Trinajstić information content (AvgIpc) is 2.62. The number of ether oxygens (including phenoxy) is 2. The Morgan fingerprint density at radius 2 is 1.88 bits per heavy atom. The highest BCUT2D eigenvalue weighted by molar-refractivity contribution is 6.39. The number of amides is 2. The summed E-state index contributed by atoms with van der Waals surface area (Å²) in [6.45, 7) is 0. The van der Waals surface area contributed by atoms with Crippen LogP contribution in [0.4, 0.5) is 5.69 Å². The number of aromatic hydroxyl groups is 1. The SMILES string of the molecule is COc1ccc(NC(=O)C(=O)N/N=C\c2cccc(O)c2)c(OC)c1. The van der Waals surface area contributed by atoms with Gasteiger partial charge in [0.15, 0.2) is 0 Å². The molecule has 0 fully saturated rings. The van der Waals surface area contributed by atoms with Crippen molar-refractivity contribution in [3.63, 3.8) is 0 Å². The number of phenols is 1. The number of nitrogens with one attached hydrogen (secondary N) is 2. The van der Waals surface area contributed by atoms with Gasteiger partial charge in [-0.05, 0) is 29.8 Å². The van der Waals surface area contributed by atoms with Gasteiger partial charge in [-0.3, -0.25) is 9.59 Å². The molecule has 8 nitrogen and oxygen atoms in total. The van der Waals surface area contributed by atoms with Crippen LogP contribution in [0.2, 0.25) is 0 Å². The van der Waals surface area contributed by atoms with Gasteiger partial charge in [0.05, 0.1) is 26.1 Å². The van der Waals surface area contributed by atoms with E-state index in [0.29, 0.717) is 22.7 Å². The van der Waals surface area contributed by atoms with Gasteiger partial charge in [0.2, 0.25) is 0 Å². The van der Waals surface area contributed by atoms with Gasteiger partial charge in [0, 0.05) is 6.07 Å². The number of anilines is 1. The van der Waals surface area contributed by atoms with Crippen LogP contribution in [0, 0.1) is 0 Å². The molecule has 0 aliphatic carbocycles. The van der Waals surface area contributed by atoms with Crippen molar-refractivity contribution in [1.82, 2.24) is 5.43 Å². The number of carbonyl (C=O) groups excluding carboxylic acids is 2. The Balaban J connectivity index is 1.97. The number of rotatable bonds is 5. The molecule has 0 heterocycles. The summed E-state index contributed by atoms with van der Waals surface area (Å²) >= 11 is 0. The van der Waals surface area contributed by atoms with E-state index in [9.17, 15) is 14.7 Å². The van der Waals surface area contributed by atoms with Crippen LogP contribution in [0.1, 0.15) is 5.56 Å². The van der Waals surface area contributed by atoms with Gasteiger partial charge in [-0.15, -0.1) is 0 Å². The van der Waals surface area contributed by atoms with Gasteiger partial charge in [-0.1, -0.05) is 12.1 Å². The molecule has 130 valence electrons. The summed E-state index contributed by atoms with van der Waals surface area (Å²) in [6, 6.07) is 11.0. The molecule has 0 aliphatic rings. The molecule has 25 heavy (non-hydrogen) atoms. The molecule has 3 N–H and O–H groups in total. The maximum absolute atomic E-state index is 11.9. The average molecular weight is 343 g/mol. The van der Waals surface area contributed by atoms with E-state index in [1.165, 1.54) is 32.6 Å². The van der Waals surface area contributed by atoms with Crippen LogP contribution >= 0.6 is 0 Å². The van der Waals surface area contributed by atoms with E-state index < -0.39 is 11.8 Å². The number of benzene rings is 2. The first kappa shape index (κ1) is 17.8. The quantitative estimate of drug-likeness (QED) is 0.433. The van der Waals surface area contributed by atoms with Crippen molar-refractivity contribution in [3.05, 3.63) is 48.0 Å². The van der Waals surface area contributed by atoms with Crippen molar-refractivity contribution in [2.45, 2.75) is 0 Å². The predicted octanol–water partition coefficient (Wildman–Crippen LogP) is 1.50. The largest absolute Gasteiger partial charge is 0.508 e. The van der Waals surface area contributed by atoms with E-state index in [2.05, 4.69) is 15.8 Å². The zero-order valence-corrected chi connectivity index (χ0v) is 13.6.